The van der Waals surface area contributed by atoms with Gasteiger partial charge in [0.2, 0.25) is 0 Å². The summed E-state index contributed by atoms with van der Waals surface area (Å²) in [5.74, 6) is 0.963. The molecule has 1 fully saturated rings. The zero-order valence-corrected chi connectivity index (χ0v) is 18.4. The van der Waals surface area contributed by atoms with Crippen LogP contribution in [0.5, 0.6) is 5.75 Å². The average Bonchev–Trinajstić information content (AvgIpc) is 2.69. The van der Waals surface area contributed by atoms with E-state index in [1.807, 2.05) is 30.3 Å². The van der Waals surface area contributed by atoms with Crippen molar-refractivity contribution in [2.75, 3.05) is 32.8 Å². The van der Waals surface area contributed by atoms with Gasteiger partial charge in [0.1, 0.15) is 18.5 Å². The van der Waals surface area contributed by atoms with Crippen LogP contribution in [0.2, 0.25) is 10.0 Å². The van der Waals surface area contributed by atoms with Crippen molar-refractivity contribution in [3.8, 4) is 5.75 Å². The number of benzene rings is 2. The van der Waals surface area contributed by atoms with E-state index < -0.39 is 0 Å². The summed E-state index contributed by atoms with van der Waals surface area (Å²) in [6, 6.07) is 14.1. The lowest BCUT2D eigenvalue weighted by molar-refractivity contribution is -0.0617. The molecule has 2 aromatic carbocycles. The molecule has 2 atom stereocenters. The molecule has 2 aliphatic heterocycles. The fraction of sp³-hybridized carbons (Fsp3) is 0.400. The molecule has 0 amide bonds. The van der Waals surface area contributed by atoms with E-state index in [9.17, 15) is 0 Å². The number of fused-ring (bicyclic) bond motifs is 1. The summed E-state index contributed by atoms with van der Waals surface area (Å²) in [5.41, 5.74) is 2.22. The van der Waals surface area contributed by atoms with E-state index >= 15 is 0 Å². The first-order chi connectivity index (χ1) is 12.7. The first-order valence-corrected chi connectivity index (χ1v) is 9.70. The van der Waals surface area contributed by atoms with Gasteiger partial charge in [-0.15, -0.1) is 24.8 Å². The third-order valence-corrected chi connectivity index (χ3v) is 5.73. The van der Waals surface area contributed by atoms with E-state index in [1.54, 1.807) is 0 Å². The van der Waals surface area contributed by atoms with Crippen LogP contribution >= 0.6 is 48.0 Å². The van der Waals surface area contributed by atoms with Crippen molar-refractivity contribution in [1.82, 2.24) is 10.2 Å². The number of piperazine rings is 1. The third-order valence-electron chi connectivity index (χ3n) is 4.99. The molecule has 28 heavy (non-hydrogen) atoms. The average molecular weight is 466 g/mol. The zero-order valence-electron chi connectivity index (χ0n) is 15.3. The van der Waals surface area contributed by atoms with Crippen LogP contribution < -0.4 is 10.1 Å². The Morgan fingerprint density at radius 1 is 1.04 bits per heavy atom. The van der Waals surface area contributed by atoms with Crippen LogP contribution in [0.15, 0.2) is 42.5 Å². The minimum absolute atomic E-state index is 0. The van der Waals surface area contributed by atoms with Gasteiger partial charge in [0.15, 0.2) is 0 Å². The number of rotatable bonds is 4. The Hall–Kier alpha value is -0.720. The summed E-state index contributed by atoms with van der Waals surface area (Å²) < 4.78 is 12.3. The minimum Gasteiger partial charge on any atom is -0.490 e. The summed E-state index contributed by atoms with van der Waals surface area (Å²) in [6.07, 6.45) is -0.0301. The highest BCUT2D eigenvalue weighted by molar-refractivity contribution is 6.42. The summed E-state index contributed by atoms with van der Waals surface area (Å²) in [5, 5.41) is 4.53. The number of para-hydroxylation sites is 1. The molecule has 0 aromatic heterocycles. The normalized spacial score (nSPS) is 21.6. The summed E-state index contributed by atoms with van der Waals surface area (Å²) >= 11 is 12.1. The topological polar surface area (TPSA) is 33.7 Å². The quantitative estimate of drug-likeness (QED) is 0.705. The summed E-state index contributed by atoms with van der Waals surface area (Å²) in [4.78, 5) is 2.50. The van der Waals surface area contributed by atoms with Crippen LogP contribution in [0.25, 0.3) is 0 Å². The highest BCUT2D eigenvalue weighted by Crippen LogP contribution is 2.38. The van der Waals surface area contributed by atoms with Gasteiger partial charge >= 0.3 is 0 Å². The maximum atomic E-state index is 6.30. The van der Waals surface area contributed by atoms with Crippen molar-refractivity contribution in [2.45, 2.75) is 18.8 Å². The molecule has 0 radical (unpaired) electrons. The number of ether oxygens (including phenoxy) is 2. The lowest BCUT2D eigenvalue weighted by Gasteiger charge is -2.42. The highest BCUT2D eigenvalue weighted by atomic mass is 35.5. The Labute approximate surface area is 188 Å². The van der Waals surface area contributed by atoms with E-state index in [1.165, 1.54) is 5.56 Å². The fourth-order valence-electron chi connectivity index (χ4n) is 3.68. The monoisotopic (exact) mass is 464 g/mol. The smallest absolute Gasteiger partial charge is 0.124 e. The lowest BCUT2D eigenvalue weighted by atomic mass is 9.95. The molecule has 8 heteroatoms. The summed E-state index contributed by atoms with van der Waals surface area (Å²) in [7, 11) is 0. The SMILES string of the molecule is Cl.Cl.Clc1ccc(COC2COc3ccccc3C2N2CCNCC2)cc1Cl. The Morgan fingerprint density at radius 3 is 2.54 bits per heavy atom. The van der Waals surface area contributed by atoms with Crippen molar-refractivity contribution in [3.05, 3.63) is 63.6 Å². The van der Waals surface area contributed by atoms with Crippen LogP contribution in [0.3, 0.4) is 0 Å². The van der Waals surface area contributed by atoms with E-state index in [0.29, 0.717) is 23.3 Å². The van der Waals surface area contributed by atoms with Crippen LogP contribution in [0.4, 0.5) is 0 Å². The Kier molecular flexibility index (Phi) is 9.16. The molecule has 0 spiro atoms. The molecule has 0 bridgehead atoms. The van der Waals surface area contributed by atoms with E-state index in [-0.39, 0.29) is 37.0 Å². The van der Waals surface area contributed by atoms with Crippen molar-refractivity contribution < 1.29 is 9.47 Å². The molecular formula is C20H24Cl4N2O2. The molecule has 0 saturated carbocycles. The fourth-order valence-corrected chi connectivity index (χ4v) is 4.00. The van der Waals surface area contributed by atoms with Gasteiger partial charge in [-0.3, -0.25) is 4.90 Å². The Morgan fingerprint density at radius 2 is 1.79 bits per heavy atom. The van der Waals surface area contributed by atoms with Crippen molar-refractivity contribution in [2.24, 2.45) is 0 Å². The molecule has 2 aromatic rings. The maximum Gasteiger partial charge on any atom is 0.124 e. The van der Waals surface area contributed by atoms with E-state index in [4.69, 9.17) is 32.7 Å². The minimum atomic E-state index is -0.0301. The van der Waals surface area contributed by atoms with Gasteiger partial charge in [0, 0.05) is 31.7 Å². The molecule has 1 saturated heterocycles. The van der Waals surface area contributed by atoms with Crippen LogP contribution in [-0.4, -0.2) is 43.8 Å². The molecule has 2 heterocycles. The number of halogens is 4. The molecule has 4 nitrogen and oxygen atoms in total. The van der Waals surface area contributed by atoms with Crippen molar-refractivity contribution in [3.63, 3.8) is 0 Å². The Balaban J connectivity index is 0.00000140. The molecule has 1 N–H and O–H groups in total. The van der Waals surface area contributed by atoms with Crippen LogP contribution in [0.1, 0.15) is 17.2 Å². The highest BCUT2D eigenvalue weighted by Gasteiger charge is 2.36. The Bertz CT molecular complexity index is 772. The van der Waals surface area contributed by atoms with Gasteiger partial charge in [-0.2, -0.15) is 0 Å². The second-order valence-electron chi connectivity index (χ2n) is 6.68. The van der Waals surface area contributed by atoms with Gasteiger partial charge in [-0.1, -0.05) is 47.5 Å². The molecule has 0 aliphatic carbocycles. The second-order valence-corrected chi connectivity index (χ2v) is 7.49. The molecule has 2 unspecified atom stereocenters. The van der Waals surface area contributed by atoms with Gasteiger partial charge in [0.25, 0.3) is 0 Å². The van der Waals surface area contributed by atoms with Crippen molar-refractivity contribution in [1.29, 1.82) is 0 Å². The second kappa shape index (κ2) is 10.9. The van der Waals surface area contributed by atoms with Gasteiger partial charge < -0.3 is 14.8 Å². The van der Waals surface area contributed by atoms with Gasteiger partial charge in [-0.05, 0) is 23.8 Å². The molecule has 4 rings (SSSR count). The first kappa shape index (κ1) is 23.6. The standard InChI is InChI=1S/C20H22Cl2N2O2.2ClH/c21-16-6-5-14(11-17(16)22)12-25-19-13-26-18-4-2-1-3-15(18)20(19)24-9-7-23-8-10-24;;/h1-6,11,19-20,23H,7-10,12-13H2;2*1H. The van der Waals surface area contributed by atoms with Crippen molar-refractivity contribution >= 4 is 48.0 Å². The largest absolute Gasteiger partial charge is 0.490 e. The van der Waals surface area contributed by atoms with Crippen LogP contribution in [-0.2, 0) is 11.3 Å². The lowest BCUT2D eigenvalue weighted by Crippen LogP contribution is -2.51. The number of hydrogen-bond donors (Lipinski definition) is 1. The van der Waals surface area contributed by atoms with E-state index in [2.05, 4.69) is 22.3 Å². The predicted octanol–water partition coefficient (Wildman–Crippen LogP) is 4.76. The van der Waals surface area contributed by atoms with Gasteiger partial charge in [0.05, 0.1) is 22.7 Å². The van der Waals surface area contributed by atoms with E-state index in [0.717, 1.165) is 37.5 Å². The summed E-state index contributed by atoms with van der Waals surface area (Å²) in [6.45, 7) is 5.04. The first-order valence-electron chi connectivity index (χ1n) is 8.94. The number of nitrogens with zero attached hydrogens (tertiary/aromatic N) is 1. The predicted molar refractivity (Wildman–Crippen MR) is 119 cm³/mol. The van der Waals surface area contributed by atoms with Gasteiger partial charge in [-0.25, -0.2) is 0 Å². The number of hydrogen-bond acceptors (Lipinski definition) is 4. The number of nitrogens with one attached hydrogen (secondary N) is 1. The maximum absolute atomic E-state index is 6.30. The molecular weight excluding hydrogens is 442 g/mol. The molecule has 2 aliphatic rings. The zero-order chi connectivity index (χ0) is 17.9. The van der Waals surface area contributed by atoms with Crippen LogP contribution in [0, 0.1) is 0 Å². The third kappa shape index (κ3) is 5.25. The molecule has 154 valence electrons.